The van der Waals surface area contributed by atoms with Gasteiger partial charge in [-0.3, -0.25) is 9.59 Å². The molecular formula is C38H63N5O3. The third-order valence-corrected chi connectivity index (χ3v) is 8.02. The smallest absolute Gasteiger partial charge is 0.243 e. The molecule has 2 atom stereocenters. The lowest BCUT2D eigenvalue weighted by molar-refractivity contribution is -0.129. The summed E-state index contributed by atoms with van der Waals surface area (Å²) in [6, 6.07) is 14.5. The minimum absolute atomic E-state index is 0.106. The third kappa shape index (κ3) is 16.1. The van der Waals surface area contributed by atoms with Gasteiger partial charge in [0, 0.05) is 32.2 Å². The van der Waals surface area contributed by atoms with Crippen LogP contribution in [-0.2, 0) is 22.4 Å². The molecule has 1 unspecified atom stereocenters. The third-order valence-electron chi connectivity index (χ3n) is 8.02. The van der Waals surface area contributed by atoms with Crippen LogP contribution < -0.4 is 26.0 Å². The Hall–Kier alpha value is -2.94. The Labute approximate surface area is 279 Å². The van der Waals surface area contributed by atoms with Crippen molar-refractivity contribution in [3.05, 3.63) is 64.7 Å². The first-order valence-corrected chi connectivity index (χ1v) is 17.8. The maximum absolute atomic E-state index is 12.9. The number of ether oxygens (including phenoxy) is 1. The summed E-state index contributed by atoms with van der Waals surface area (Å²) in [6.45, 7) is 18.2. The molecule has 8 nitrogen and oxygen atoms in total. The minimum Gasteiger partial charge on any atom is -0.492 e. The summed E-state index contributed by atoms with van der Waals surface area (Å²) in [5.41, 5.74) is 5.45. The Morgan fingerprint density at radius 2 is 1.65 bits per heavy atom. The fourth-order valence-electron chi connectivity index (χ4n) is 5.58. The molecule has 0 aliphatic carbocycles. The molecule has 258 valence electrons. The van der Waals surface area contributed by atoms with E-state index >= 15 is 0 Å². The fourth-order valence-corrected chi connectivity index (χ4v) is 5.58. The minimum atomic E-state index is -0.532. The van der Waals surface area contributed by atoms with Crippen LogP contribution >= 0.6 is 0 Å². The van der Waals surface area contributed by atoms with Gasteiger partial charge >= 0.3 is 0 Å². The number of para-hydroxylation sites is 1. The summed E-state index contributed by atoms with van der Waals surface area (Å²) < 4.78 is 6.05. The molecule has 1 saturated heterocycles. The number of piperidine rings is 1. The van der Waals surface area contributed by atoms with E-state index < -0.39 is 6.04 Å². The number of amides is 2. The number of carbonyl (C=O) groups excluding carboxylic acids is 2. The number of hydrogen-bond donors (Lipinski definition) is 4. The standard InChI is InChI=1S/C24H39N5O3.C11H16.C3H8/c1-19-18-32-22-10-4-3-8-20(22)9-7-11-27-24(31)21(17-29-14-5-2-6-15-29)28-23(30)16-25-12-13-26-19;1-4-5-11-7-6-9(2)8-10(11)3;1-3-2/h3-4,8,10,19,21,25-26H,2,5-7,9,11-18H2,1H3,(H,27,31)(H,28,30);6-8H,4-5H2,1-3H3;3H2,1-2H3/t19-,21?;;/m0../s1. The Kier molecular flexibility index (Phi) is 20.0. The molecule has 2 heterocycles. The van der Waals surface area contributed by atoms with Crippen molar-refractivity contribution >= 4 is 11.8 Å². The Bertz CT molecular complexity index is 1140. The maximum Gasteiger partial charge on any atom is 0.243 e. The van der Waals surface area contributed by atoms with Crippen LogP contribution in [0.1, 0.15) is 88.5 Å². The van der Waals surface area contributed by atoms with E-state index in [0.717, 1.165) is 56.6 Å². The van der Waals surface area contributed by atoms with E-state index in [0.29, 0.717) is 26.2 Å². The normalized spacial score (nSPS) is 20.5. The van der Waals surface area contributed by atoms with Crippen molar-refractivity contribution in [3.63, 3.8) is 0 Å². The van der Waals surface area contributed by atoms with Crippen LogP contribution in [0.3, 0.4) is 0 Å². The number of nitrogens with zero attached hydrogens (tertiary/aromatic N) is 1. The number of fused-ring (bicyclic) bond motifs is 1. The summed E-state index contributed by atoms with van der Waals surface area (Å²) in [5, 5.41) is 12.5. The van der Waals surface area contributed by atoms with E-state index in [1.54, 1.807) is 0 Å². The molecule has 46 heavy (non-hydrogen) atoms. The molecule has 0 saturated carbocycles. The lowest BCUT2D eigenvalue weighted by atomic mass is 10.0. The molecule has 0 aromatic heterocycles. The zero-order valence-electron chi connectivity index (χ0n) is 29.7. The zero-order valence-corrected chi connectivity index (χ0v) is 29.7. The van der Waals surface area contributed by atoms with Crippen molar-refractivity contribution in [1.82, 2.24) is 26.2 Å². The van der Waals surface area contributed by atoms with Gasteiger partial charge in [-0.1, -0.05) is 82.0 Å². The van der Waals surface area contributed by atoms with Gasteiger partial charge in [-0.2, -0.15) is 0 Å². The second-order valence-electron chi connectivity index (χ2n) is 12.7. The fraction of sp³-hybridized carbons (Fsp3) is 0.632. The summed E-state index contributed by atoms with van der Waals surface area (Å²) in [4.78, 5) is 27.6. The van der Waals surface area contributed by atoms with Crippen molar-refractivity contribution in [1.29, 1.82) is 0 Å². The SMILES string of the molecule is CCC.CCCc1ccc(C)cc1C.C[C@H]1COc2ccccc2CCCNC(=O)C(CN2CCCCC2)NC(=O)CNCCN1. The van der Waals surface area contributed by atoms with Crippen LogP contribution in [0.4, 0.5) is 0 Å². The largest absolute Gasteiger partial charge is 0.492 e. The number of aryl methyl sites for hydroxylation is 4. The van der Waals surface area contributed by atoms with Crippen LogP contribution in [0, 0.1) is 13.8 Å². The second-order valence-corrected chi connectivity index (χ2v) is 12.7. The van der Waals surface area contributed by atoms with Crippen LogP contribution in [0.15, 0.2) is 42.5 Å². The average Bonchev–Trinajstić information content (AvgIpc) is 3.04. The number of rotatable bonds is 4. The van der Waals surface area contributed by atoms with E-state index in [-0.39, 0.29) is 24.4 Å². The summed E-state index contributed by atoms with van der Waals surface area (Å²) in [7, 11) is 0. The molecule has 1 fully saturated rings. The lowest BCUT2D eigenvalue weighted by Gasteiger charge is -2.30. The molecule has 2 aliphatic heterocycles. The predicted molar refractivity (Wildman–Crippen MR) is 192 cm³/mol. The summed E-state index contributed by atoms with van der Waals surface area (Å²) in [5.74, 6) is 0.653. The quantitative estimate of drug-likeness (QED) is 0.362. The first kappa shape index (κ1) is 39.2. The maximum atomic E-state index is 12.9. The molecule has 2 aromatic carbocycles. The number of benzene rings is 2. The highest BCUT2D eigenvalue weighted by molar-refractivity contribution is 5.88. The molecule has 2 amide bonds. The number of nitrogens with one attached hydrogen (secondary N) is 4. The van der Waals surface area contributed by atoms with Gasteiger partial charge in [0.1, 0.15) is 18.4 Å². The van der Waals surface area contributed by atoms with E-state index in [4.69, 9.17) is 4.74 Å². The van der Waals surface area contributed by atoms with E-state index in [1.165, 1.54) is 42.4 Å². The molecule has 4 N–H and O–H groups in total. The summed E-state index contributed by atoms with van der Waals surface area (Å²) >= 11 is 0. The lowest BCUT2D eigenvalue weighted by Crippen LogP contribution is -2.55. The number of hydrogen-bond acceptors (Lipinski definition) is 6. The highest BCUT2D eigenvalue weighted by Gasteiger charge is 2.24. The molecule has 8 heteroatoms. The molecule has 0 radical (unpaired) electrons. The number of carbonyl (C=O) groups is 2. The van der Waals surface area contributed by atoms with Gasteiger partial charge in [-0.25, -0.2) is 0 Å². The predicted octanol–water partition coefficient (Wildman–Crippen LogP) is 5.34. The van der Waals surface area contributed by atoms with E-state index in [2.05, 4.69) is 92.0 Å². The number of likely N-dealkylation sites (tertiary alicyclic amines) is 1. The molecule has 0 spiro atoms. The van der Waals surface area contributed by atoms with Gasteiger partial charge in [-0.15, -0.1) is 0 Å². The van der Waals surface area contributed by atoms with E-state index in [1.807, 2.05) is 18.2 Å². The van der Waals surface area contributed by atoms with Gasteiger partial charge in [0.25, 0.3) is 0 Å². The molecule has 4 rings (SSSR count). The van der Waals surface area contributed by atoms with Crippen LogP contribution in [0.25, 0.3) is 0 Å². The van der Waals surface area contributed by atoms with Crippen molar-refractivity contribution in [2.24, 2.45) is 0 Å². The van der Waals surface area contributed by atoms with Crippen LogP contribution in [0.2, 0.25) is 0 Å². The molecular weight excluding hydrogens is 574 g/mol. The van der Waals surface area contributed by atoms with Gasteiger partial charge in [0.2, 0.25) is 11.8 Å². The van der Waals surface area contributed by atoms with Crippen molar-refractivity contribution in [2.75, 3.05) is 52.4 Å². The van der Waals surface area contributed by atoms with E-state index in [9.17, 15) is 9.59 Å². The molecule has 2 aliphatic rings. The van der Waals surface area contributed by atoms with Gasteiger partial charge in [0.15, 0.2) is 0 Å². The monoisotopic (exact) mass is 637 g/mol. The first-order chi connectivity index (χ1) is 22.3. The van der Waals surface area contributed by atoms with Gasteiger partial charge in [0.05, 0.1) is 6.54 Å². The van der Waals surface area contributed by atoms with Gasteiger partial charge in [-0.05, 0) is 88.7 Å². The van der Waals surface area contributed by atoms with Crippen molar-refractivity contribution in [2.45, 2.75) is 105 Å². The average molecular weight is 638 g/mol. The Balaban J connectivity index is 0.000000437. The second kappa shape index (κ2) is 23.4. The molecule has 2 aromatic rings. The Morgan fingerprint density at radius 1 is 0.913 bits per heavy atom. The topological polar surface area (TPSA) is 94.7 Å². The first-order valence-electron chi connectivity index (χ1n) is 17.8. The van der Waals surface area contributed by atoms with Crippen molar-refractivity contribution < 1.29 is 14.3 Å². The highest BCUT2D eigenvalue weighted by Crippen LogP contribution is 2.20. The van der Waals surface area contributed by atoms with Crippen molar-refractivity contribution in [3.8, 4) is 5.75 Å². The highest BCUT2D eigenvalue weighted by atomic mass is 16.5. The van der Waals surface area contributed by atoms with Crippen LogP contribution in [-0.4, -0.2) is 81.2 Å². The zero-order chi connectivity index (χ0) is 33.6. The summed E-state index contributed by atoms with van der Waals surface area (Å²) in [6.07, 6.45) is 8.88. The molecule has 0 bridgehead atoms. The Morgan fingerprint density at radius 3 is 2.37 bits per heavy atom. The van der Waals surface area contributed by atoms with Gasteiger partial charge < -0.3 is 30.9 Å². The van der Waals surface area contributed by atoms with Crippen LogP contribution in [0.5, 0.6) is 5.75 Å².